The number of hydrogen-bond acceptors (Lipinski definition) is 3. The summed E-state index contributed by atoms with van der Waals surface area (Å²) < 4.78 is 10.6. The molecule has 1 atom stereocenters. The second-order valence-corrected chi connectivity index (χ2v) is 4.60. The molecule has 0 spiro atoms. The lowest BCUT2D eigenvalue weighted by Crippen LogP contribution is -2.35. The van der Waals surface area contributed by atoms with Crippen molar-refractivity contribution in [1.82, 2.24) is 5.32 Å². The first-order valence-electron chi connectivity index (χ1n) is 6.95. The van der Waals surface area contributed by atoms with Gasteiger partial charge in [-0.2, -0.15) is 0 Å². The van der Waals surface area contributed by atoms with Crippen molar-refractivity contribution in [3.05, 3.63) is 24.3 Å². The SMILES string of the molecule is CCC(C)NC(=O)Nc1ccccc1OCCCOC. The number of amides is 2. The van der Waals surface area contributed by atoms with Gasteiger partial charge >= 0.3 is 6.03 Å². The summed E-state index contributed by atoms with van der Waals surface area (Å²) in [6.07, 6.45) is 1.70. The quantitative estimate of drug-likeness (QED) is 0.720. The highest BCUT2D eigenvalue weighted by atomic mass is 16.5. The Balaban J connectivity index is 2.54. The van der Waals surface area contributed by atoms with E-state index in [1.165, 1.54) is 0 Å². The zero-order valence-electron chi connectivity index (χ0n) is 12.4. The second kappa shape index (κ2) is 9.20. The van der Waals surface area contributed by atoms with Crippen molar-refractivity contribution in [3.8, 4) is 5.75 Å². The van der Waals surface area contributed by atoms with Gasteiger partial charge in [-0.1, -0.05) is 19.1 Å². The molecule has 0 bridgehead atoms. The third-order valence-electron chi connectivity index (χ3n) is 2.88. The summed E-state index contributed by atoms with van der Waals surface area (Å²) in [6, 6.07) is 7.33. The highest BCUT2D eigenvalue weighted by molar-refractivity contribution is 5.91. The normalized spacial score (nSPS) is 11.8. The van der Waals surface area contributed by atoms with E-state index in [4.69, 9.17) is 9.47 Å². The predicted octanol–water partition coefficient (Wildman–Crippen LogP) is 3.02. The number of ether oxygens (including phenoxy) is 2. The third-order valence-corrected chi connectivity index (χ3v) is 2.88. The van der Waals surface area contributed by atoms with E-state index in [1.807, 2.05) is 38.1 Å². The summed E-state index contributed by atoms with van der Waals surface area (Å²) in [4.78, 5) is 11.8. The van der Waals surface area contributed by atoms with Gasteiger partial charge in [0.2, 0.25) is 0 Å². The fourth-order valence-electron chi connectivity index (χ4n) is 1.57. The number of carbonyl (C=O) groups is 1. The standard InChI is InChI=1S/C15H24N2O3/c1-4-12(2)16-15(18)17-13-8-5-6-9-14(13)20-11-7-10-19-3/h5-6,8-9,12H,4,7,10-11H2,1-3H3,(H2,16,17,18). The van der Waals surface area contributed by atoms with Crippen molar-refractivity contribution in [3.63, 3.8) is 0 Å². The molecule has 0 fully saturated rings. The van der Waals surface area contributed by atoms with Crippen LogP contribution in [0, 0.1) is 0 Å². The van der Waals surface area contributed by atoms with Crippen LogP contribution in [-0.2, 0) is 4.74 Å². The van der Waals surface area contributed by atoms with Crippen molar-refractivity contribution in [2.75, 3.05) is 25.6 Å². The van der Waals surface area contributed by atoms with Crippen LogP contribution in [0.5, 0.6) is 5.75 Å². The Kier molecular flexibility index (Phi) is 7.50. The van der Waals surface area contributed by atoms with Gasteiger partial charge in [0.05, 0.1) is 12.3 Å². The number of urea groups is 1. The predicted molar refractivity (Wildman–Crippen MR) is 80.3 cm³/mol. The minimum absolute atomic E-state index is 0.143. The minimum atomic E-state index is -0.215. The number of anilines is 1. The molecule has 0 heterocycles. The van der Waals surface area contributed by atoms with Crippen LogP contribution in [0.25, 0.3) is 0 Å². The van der Waals surface area contributed by atoms with Gasteiger partial charge in [-0.15, -0.1) is 0 Å². The summed E-state index contributed by atoms with van der Waals surface area (Å²) in [5.74, 6) is 0.669. The summed E-state index contributed by atoms with van der Waals surface area (Å²) in [5.41, 5.74) is 0.672. The fraction of sp³-hybridized carbons (Fsp3) is 0.533. The molecule has 1 aromatic rings. The Labute approximate surface area is 120 Å². The summed E-state index contributed by atoms with van der Waals surface area (Å²) in [7, 11) is 1.66. The number of methoxy groups -OCH3 is 1. The molecule has 0 aliphatic rings. The van der Waals surface area contributed by atoms with E-state index in [-0.39, 0.29) is 12.1 Å². The van der Waals surface area contributed by atoms with E-state index in [1.54, 1.807) is 7.11 Å². The Morgan fingerprint density at radius 3 is 2.75 bits per heavy atom. The maximum Gasteiger partial charge on any atom is 0.319 e. The van der Waals surface area contributed by atoms with Crippen LogP contribution in [0.15, 0.2) is 24.3 Å². The molecule has 0 radical (unpaired) electrons. The van der Waals surface area contributed by atoms with Gasteiger partial charge in [0.1, 0.15) is 5.75 Å². The number of carbonyl (C=O) groups excluding carboxylic acids is 1. The van der Waals surface area contributed by atoms with Crippen LogP contribution in [0.2, 0.25) is 0 Å². The van der Waals surface area contributed by atoms with Gasteiger partial charge in [0.25, 0.3) is 0 Å². The minimum Gasteiger partial charge on any atom is -0.491 e. The first-order valence-corrected chi connectivity index (χ1v) is 6.95. The number of para-hydroxylation sites is 2. The van der Waals surface area contributed by atoms with Crippen molar-refractivity contribution < 1.29 is 14.3 Å². The van der Waals surface area contributed by atoms with Gasteiger partial charge in [-0.3, -0.25) is 0 Å². The van der Waals surface area contributed by atoms with E-state index in [9.17, 15) is 4.79 Å². The van der Waals surface area contributed by atoms with Crippen molar-refractivity contribution in [2.24, 2.45) is 0 Å². The van der Waals surface area contributed by atoms with E-state index >= 15 is 0 Å². The first kappa shape index (κ1) is 16.3. The average Bonchev–Trinajstić information content (AvgIpc) is 2.45. The lowest BCUT2D eigenvalue weighted by molar-refractivity contribution is 0.172. The number of nitrogens with one attached hydrogen (secondary N) is 2. The van der Waals surface area contributed by atoms with Crippen LogP contribution >= 0.6 is 0 Å². The highest BCUT2D eigenvalue weighted by Gasteiger charge is 2.09. The largest absolute Gasteiger partial charge is 0.491 e. The van der Waals surface area contributed by atoms with Crippen molar-refractivity contribution in [2.45, 2.75) is 32.7 Å². The van der Waals surface area contributed by atoms with Crippen molar-refractivity contribution in [1.29, 1.82) is 0 Å². The summed E-state index contributed by atoms with van der Waals surface area (Å²) in [6.45, 7) is 5.20. The average molecular weight is 280 g/mol. The Morgan fingerprint density at radius 2 is 2.05 bits per heavy atom. The number of rotatable bonds is 8. The zero-order chi connectivity index (χ0) is 14.8. The molecule has 0 saturated carbocycles. The second-order valence-electron chi connectivity index (χ2n) is 4.60. The zero-order valence-corrected chi connectivity index (χ0v) is 12.4. The summed E-state index contributed by atoms with van der Waals surface area (Å²) in [5, 5.41) is 5.67. The molecule has 1 aromatic carbocycles. The van der Waals surface area contributed by atoms with Gasteiger partial charge in [0.15, 0.2) is 0 Å². The van der Waals surface area contributed by atoms with Crippen LogP contribution in [0.4, 0.5) is 10.5 Å². The molecule has 5 heteroatoms. The molecular formula is C15H24N2O3. The molecule has 2 amide bonds. The van der Waals surface area contributed by atoms with Crippen LogP contribution in [0.3, 0.4) is 0 Å². The highest BCUT2D eigenvalue weighted by Crippen LogP contribution is 2.23. The van der Waals surface area contributed by atoms with E-state index in [2.05, 4.69) is 10.6 Å². The van der Waals surface area contributed by atoms with Crippen LogP contribution in [0.1, 0.15) is 26.7 Å². The number of hydrogen-bond donors (Lipinski definition) is 2. The molecule has 0 aliphatic carbocycles. The van der Waals surface area contributed by atoms with Gasteiger partial charge in [-0.05, 0) is 25.5 Å². The van der Waals surface area contributed by atoms with E-state index in [0.717, 1.165) is 12.8 Å². The molecule has 0 aromatic heterocycles. The van der Waals surface area contributed by atoms with Crippen molar-refractivity contribution >= 4 is 11.7 Å². The molecule has 0 saturated heterocycles. The third kappa shape index (κ3) is 5.93. The lowest BCUT2D eigenvalue weighted by atomic mass is 10.2. The molecular weight excluding hydrogens is 256 g/mol. The topological polar surface area (TPSA) is 59.6 Å². The molecule has 5 nitrogen and oxygen atoms in total. The Hall–Kier alpha value is -1.75. The summed E-state index contributed by atoms with van der Waals surface area (Å²) >= 11 is 0. The first-order chi connectivity index (χ1) is 9.67. The molecule has 0 aliphatic heterocycles. The molecule has 1 unspecified atom stereocenters. The van der Waals surface area contributed by atoms with E-state index < -0.39 is 0 Å². The fourth-order valence-corrected chi connectivity index (χ4v) is 1.57. The smallest absolute Gasteiger partial charge is 0.319 e. The Morgan fingerprint density at radius 1 is 1.30 bits per heavy atom. The lowest BCUT2D eigenvalue weighted by Gasteiger charge is -2.15. The maximum atomic E-state index is 11.8. The monoisotopic (exact) mass is 280 g/mol. The maximum absolute atomic E-state index is 11.8. The molecule has 112 valence electrons. The van der Waals surface area contributed by atoms with Gasteiger partial charge in [0, 0.05) is 26.2 Å². The molecule has 1 rings (SSSR count). The molecule has 20 heavy (non-hydrogen) atoms. The van der Waals surface area contributed by atoms with Gasteiger partial charge < -0.3 is 20.1 Å². The molecule has 2 N–H and O–H groups in total. The Bertz CT molecular complexity index is 410. The van der Waals surface area contributed by atoms with Crippen LogP contribution in [-0.4, -0.2) is 32.4 Å². The van der Waals surface area contributed by atoms with Gasteiger partial charge in [-0.25, -0.2) is 4.79 Å². The van der Waals surface area contributed by atoms with E-state index in [0.29, 0.717) is 24.7 Å². The van der Waals surface area contributed by atoms with Crippen LogP contribution < -0.4 is 15.4 Å². The number of benzene rings is 1.